The van der Waals surface area contributed by atoms with Gasteiger partial charge in [-0.15, -0.1) is 0 Å². The Morgan fingerprint density at radius 3 is 2.52 bits per heavy atom. The molecule has 132 valence electrons. The lowest BCUT2D eigenvalue weighted by Gasteiger charge is -2.22. The van der Waals surface area contributed by atoms with E-state index in [9.17, 15) is 9.59 Å². The van der Waals surface area contributed by atoms with Crippen molar-refractivity contribution in [1.29, 1.82) is 0 Å². The zero-order valence-electron chi connectivity index (χ0n) is 14.2. The van der Waals surface area contributed by atoms with E-state index < -0.39 is 5.97 Å². The zero-order valence-corrected chi connectivity index (χ0v) is 15.0. The molecule has 0 spiro atoms. The van der Waals surface area contributed by atoms with Crippen LogP contribution in [0.15, 0.2) is 48.5 Å². The Hall–Kier alpha value is -2.53. The van der Waals surface area contributed by atoms with Crippen LogP contribution in [0.4, 0.5) is 5.69 Å². The van der Waals surface area contributed by atoms with Gasteiger partial charge in [0.25, 0.3) is 5.91 Å². The van der Waals surface area contributed by atoms with Crippen LogP contribution in [0.3, 0.4) is 0 Å². The molecule has 0 aliphatic carbocycles. The summed E-state index contributed by atoms with van der Waals surface area (Å²) < 4.78 is 10.5. The van der Waals surface area contributed by atoms with Crippen molar-refractivity contribution in [3.05, 3.63) is 59.1 Å². The highest BCUT2D eigenvalue weighted by Gasteiger charge is 2.20. The molecule has 2 aromatic rings. The first kappa shape index (κ1) is 18.8. The van der Waals surface area contributed by atoms with Gasteiger partial charge in [-0.2, -0.15) is 0 Å². The highest BCUT2D eigenvalue weighted by atomic mass is 35.5. The summed E-state index contributed by atoms with van der Waals surface area (Å²) >= 11 is 6.08. The normalized spacial score (nSPS) is 10.2. The smallest absolute Gasteiger partial charge is 0.326 e. The molecule has 0 aliphatic heterocycles. The quantitative estimate of drug-likeness (QED) is 0.707. The molecule has 2 rings (SSSR count). The number of hydrogen-bond acceptors (Lipinski definition) is 4. The lowest BCUT2D eigenvalue weighted by Crippen LogP contribution is -2.39. The number of hydrogen-bond donors (Lipinski definition) is 0. The van der Waals surface area contributed by atoms with Gasteiger partial charge in [0.1, 0.15) is 12.3 Å². The molecule has 0 radical (unpaired) electrons. The van der Waals surface area contributed by atoms with Gasteiger partial charge < -0.3 is 9.47 Å². The van der Waals surface area contributed by atoms with Crippen molar-refractivity contribution in [3.63, 3.8) is 0 Å². The monoisotopic (exact) mass is 361 g/mol. The molecule has 5 nitrogen and oxygen atoms in total. The molecule has 0 aliphatic rings. The molecule has 1 amide bonds. The third-order valence-corrected chi connectivity index (χ3v) is 3.71. The molecule has 0 aromatic heterocycles. The van der Waals surface area contributed by atoms with Crippen molar-refractivity contribution >= 4 is 29.2 Å². The van der Waals surface area contributed by atoms with Gasteiger partial charge in [0, 0.05) is 5.69 Å². The molecule has 0 unspecified atom stereocenters. The van der Waals surface area contributed by atoms with Crippen molar-refractivity contribution < 1.29 is 19.1 Å². The van der Waals surface area contributed by atoms with E-state index in [1.165, 1.54) is 4.90 Å². The van der Waals surface area contributed by atoms with Gasteiger partial charge in [-0.05, 0) is 43.7 Å². The van der Waals surface area contributed by atoms with E-state index in [1.807, 2.05) is 19.1 Å². The summed E-state index contributed by atoms with van der Waals surface area (Å²) in [5.74, 6) is -0.413. The number of carbonyl (C=O) groups excluding carboxylic acids is 2. The van der Waals surface area contributed by atoms with Crippen LogP contribution in [0.2, 0.25) is 5.02 Å². The molecule has 2 aromatic carbocycles. The Bertz CT molecular complexity index is 733. The van der Waals surface area contributed by atoms with Gasteiger partial charge in [-0.1, -0.05) is 35.9 Å². The number of amides is 1. The van der Waals surface area contributed by atoms with Crippen LogP contribution in [0.1, 0.15) is 12.5 Å². The van der Waals surface area contributed by atoms with Gasteiger partial charge in [-0.3, -0.25) is 14.5 Å². The van der Waals surface area contributed by atoms with Gasteiger partial charge >= 0.3 is 5.97 Å². The molecule has 0 atom stereocenters. The van der Waals surface area contributed by atoms with Gasteiger partial charge in [-0.25, -0.2) is 0 Å². The third-order valence-electron chi connectivity index (χ3n) is 3.40. The predicted molar refractivity (Wildman–Crippen MR) is 97.1 cm³/mol. The van der Waals surface area contributed by atoms with Crippen molar-refractivity contribution in [2.75, 3.05) is 24.7 Å². The lowest BCUT2D eigenvalue weighted by molar-refractivity contribution is -0.142. The fraction of sp³-hybridized carbons (Fsp3) is 0.263. The molecule has 6 heteroatoms. The Morgan fingerprint density at radius 2 is 1.84 bits per heavy atom. The second kappa shape index (κ2) is 9.08. The highest BCUT2D eigenvalue weighted by molar-refractivity contribution is 6.32. The molecular formula is C19H20ClNO4. The first-order valence-electron chi connectivity index (χ1n) is 7.91. The van der Waals surface area contributed by atoms with Crippen LogP contribution in [0.5, 0.6) is 5.75 Å². The zero-order chi connectivity index (χ0) is 18.2. The van der Waals surface area contributed by atoms with Crippen LogP contribution in [0, 0.1) is 6.92 Å². The van der Waals surface area contributed by atoms with Gasteiger partial charge in [0.15, 0.2) is 6.61 Å². The van der Waals surface area contributed by atoms with Crippen molar-refractivity contribution in [3.8, 4) is 5.75 Å². The maximum absolute atomic E-state index is 12.6. The lowest BCUT2D eigenvalue weighted by atomic mass is 10.2. The molecular weight excluding hydrogens is 342 g/mol. The van der Waals surface area contributed by atoms with Crippen LogP contribution in [-0.2, 0) is 14.3 Å². The third kappa shape index (κ3) is 5.50. The van der Waals surface area contributed by atoms with E-state index in [0.29, 0.717) is 16.5 Å². The summed E-state index contributed by atoms with van der Waals surface area (Å²) in [6, 6.07) is 14.2. The number of aryl methyl sites for hydroxylation is 1. The van der Waals surface area contributed by atoms with Crippen LogP contribution in [-0.4, -0.2) is 31.6 Å². The Kier molecular flexibility index (Phi) is 6.83. The van der Waals surface area contributed by atoms with E-state index >= 15 is 0 Å². The van der Waals surface area contributed by atoms with E-state index in [0.717, 1.165) is 5.56 Å². The number of ether oxygens (including phenoxy) is 2. The topological polar surface area (TPSA) is 55.8 Å². The average Bonchev–Trinajstić information content (AvgIpc) is 2.61. The second-order valence-electron chi connectivity index (χ2n) is 5.34. The fourth-order valence-corrected chi connectivity index (χ4v) is 2.38. The second-order valence-corrected chi connectivity index (χ2v) is 5.75. The molecule has 25 heavy (non-hydrogen) atoms. The number of carbonyl (C=O) groups is 2. The van der Waals surface area contributed by atoms with Crippen LogP contribution in [0.25, 0.3) is 0 Å². The molecule has 0 heterocycles. The standard InChI is InChI=1S/C19H20ClNO4/c1-3-24-19(23)12-21(15-7-5-4-6-8-15)18(22)13-25-17-11-14(2)9-10-16(17)20/h4-11H,3,12-13H2,1-2H3. The van der Waals surface area contributed by atoms with E-state index in [4.69, 9.17) is 21.1 Å². The summed E-state index contributed by atoms with van der Waals surface area (Å²) in [5.41, 5.74) is 1.57. The number of halogens is 1. The number of esters is 1. The number of nitrogens with zero attached hydrogens (tertiary/aromatic N) is 1. The maximum atomic E-state index is 12.6. The number of rotatable bonds is 7. The van der Waals surface area contributed by atoms with Crippen molar-refractivity contribution in [1.82, 2.24) is 0 Å². The van der Waals surface area contributed by atoms with Crippen molar-refractivity contribution in [2.24, 2.45) is 0 Å². The molecule has 0 fully saturated rings. The first-order valence-corrected chi connectivity index (χ1v) is 8.29. The van der Waals surface area contributed by atoms with Crippen LogP contribution >= 0.6 is 11.6 Å². The van der Waals surface area contributed by atoms with Crippen molar-refractivity contribution in [2.45, 2.75) is 13.8 Å². The summed E-state index contributed by atoms with van der Waals surface area (Å²) in [6.07, 6.45) is 0. The minimum absolute atomic E-state index is 0.179. The number of benzene rings is 2. The van der Waals surface area contributed by atoms with Gasteiger partial charge in [0.05, 0.1) is 11.6 Å². The summed E-state index contributed by atoms with van der Waals surface area (Å²) in [6.45, 7) is 3.46. The molecule has 0 saturated heterocycles. The number of anilines is 1. The highest BCUT2D eigenvalue weighted by Crippen LogP contribution is 2.25. The first-order chi connectivity index (χ1) is 12.0. The van der Waals surface area contributed by atoms with Crippen LogP contribution < -0.4 is 9.64 Å². The minimum atomic E-state index is -0.478. The summed E-state index contributed by atoms with van der Waals surface area (Å²) in [5, 5.41) is 0.426. The summed E-state index contributed by atoms with van der Waals surface area (Å²) in [7, 11) is 0. The largest absolute Gasteiger partial charge is 0.482 e. The Labute approximate surface area is 152 Å². The summed E-state index contributed by atoms with van der Waals surface area (Å²) in [4.78, 5) is 25.8. The van der Waals surface area contributed by atoms with E-state index in [2.05, 4.69) is 0 Å². The number of para-hydroxylation sites is 1. The SMILES string of the molecule is CCOC(=O)CN(C(=O)COc1cc(C)ccc1Cl)c1ccccc1. The molecule has 0 N–H and O–H groups in total. The Balaban J connectivity index is 2.12. The van der Waals surface area contributed by atoms with Gasteiger partial charge in [0.2, 0.25) is 0 Å². The van der Waals surface area contributed by atoms with E-state index in [-0.39, 0.29) is 25.7 Å². The Morgan fingerprint density at radius 1 is 1.12 bits per heavy atom. The predicted octanol–water partition coefficient (Wildman–Crippen LogP) is 3.62. The average molecular weight is 362 g/mol. The minimum Gasteiger partial charge on any atom is -0.482 e. The molecule has 0 saturated carbocycles. The maximum Gasteiger partial charge on any atom is 0.326 e. The fourth-order valence-electron chi connectivity index (χ4n) is 2.21. The van der Waals surface area contributed by atoms with E-state index in [1.54, 1.807) is 43.3 Å². The molecule has 0 bridgehead atoms.